The van der Waals surface area contributed by atoms with Gasteiger partial charge in [0.2, 0.25) is 0 Å². The zero-order chi connectivity index (χ0) is 31.1. The molecule has 0 radical (unpaired) electrons. The number of halogens is 1. The van der Waals surface area contributed by atoms with Crippen LogP contribution >= 0.6 is 11.6 Å². The third kappa shape index (κ3) is 3.63. The molecular formula is C43H26ClNO2. The van der Waals surface area contributed by atoms with Gasteiger partial charge in [0.1, 0.15) is 22.7 Å². The van der Waals surface area contributed by atoms with Crippen LogP contribution in [0.2, 0.25) is 5.02 Å². The summed E-state index contributed by atoms with van der Waals surface area (Å²) in [6.45, 7) is 0. The topological polar surface area (TPSA) is 25.6 Å². The van der Waals surface area contributed by atoms with E-state index in [1.165, 1.54) is 22.3 Å². The van der Waals surface area contributed by atoms with E-state index in [0.717, 1.165) is 61.6 Å². The summed E-state index contributed by atoms with van der Waals surface area (Å²) in [6.07, 6.45) is 0. The third-order valence-electron chi connectivity index (χ3n) is 9.78. The molecule has 1 aliphatic heterocycles. The van der Waals surface area contributed by atoms with E-state index in [1.54, 1.807) is 0 Å². The van der Waals surface area contributed by atoms with Gasteiger partial charge in [-0.05, 0) is 82.9 Å². The van der Waals surface area contributed by atoms with Gasteiger partial charge in [-0.3, -0.25) is 0 Å². The minimum atomic E-state index is -0.604. The molecule has 0 saturated heterocycles. The summed E-state index contributed by atoms with van der Waals surface area (Å²) in [4.78, 5) is 2.34. The number of furan rings is 1. The van der Waals surface area contributed by atoms with Crippen molar-refractivity contribution >= 4 is 50.6 Å². The van der Waals surface area contributed by atoms with E-state index in [-0.39, 0.29) is 0 Å². The zero-order valence-electron chi connectivity index (χ0n) is 25.2. The molecule has 7 aromatic carbocycles. The molecule has 2 heterocycles. The van der Waals surface area contributed by atoms with Gasteiger partial charge in [0.05, 0.1) is 16.5 Å². The van der Waals surface area contributed by atoms with E-state index in [4.69, 9.17) is 20.8 Å². The van der Waals surface area contributed by atoms with Crippen LogP contribution in [0.25, 0.3) is 33.1 Å². The fraction of sp³-hybridized carbons (Fsp3) is 0.0233. The molecule has 0 unspecified atom stereocenters. The quantitative estimate of drug-likeness (QED) is 0.196. The number of ether oxygens (including phenoxy) is 1. The van der Waals surface area contributed by atoms with Crippen molar-refractivity contribution in [1.82, 2.24) is 0 Å². The SMILES string of the molecule is Clc1ccc2c(c1)Oc1ccc(N(c3ccccc3)c3cccc4oc5ccccc5c34)cc1C21c2ccccc2-c2ccccc21. The highest BCUT2D eigenvalue weighted by Crippen LogP contribution is 2.63. The van der Waals surface area contributed by atoms with Crippen molar-refractivity contribution in [1.29, 1.82) is 0 Å². The lowest BCUT2D eigenvalue weighted by atomic mass is 9.66. The number of hydrogen-bond acceptors (Lipinski definition) is 3. The Morgan fingerprint density at radius 2 is 1.19 bits per heavy atom. The van der Waals surface area contributed by atoms with Gasteiger partial charge in [0.25, 0.3) is 0 Å². The lowest BCUT2D eigenvalue weighted by Crippen LogP contribution is -2.32. The van der Waals surface area contributed by atoms with Crippen LogP contribution in [0.4, 0.5) is 17.1 Å². The Morgan fingerprint density at radius 1 is 0.489 bits per heavy atom. The first kappa shape index (κ1) is 26.4. The van der Waals surface area contributed by atoms with Crippen LogP contribution in [0.1, 0.15) is 22.3 Å². The van der Waals surface area contributed by atoms with Crippen LogP contribution in [0.15, 0.2) is 162 Å². The highest BCUT2D eigenvalue weighted by molar-refractivity contribution is 6.30. The maximum absolute atomic E-state index is 6.72. The van der Waals surface area contributed by atoms with Crippen LogP contribution in [0.5, 0.6) is 11.5 Å². The molecule has 0 fully saturated rings. The average molecular weight is 624 g/mol. The first-order chi connectivity index (χ1) is 23.2. The van der Waals surface area contributed by atoms with Crippen LogP contribution in [-0.2, 0) is 5.41 Å². The minimum absolute atomic E-state index is 0.604. The van der Waals surface area contributed by atoms with Gasteiger partial charge in [-0.25, -0.2) is 0 Å². The summed E-state index contributed by atoms with van der Waals surface area (Å²) in [5.41, 5.74) is 11.4. The molecule has 3 nitrogen and oxygen atoms in total. The summed E-state index contributed by atoms with van der Waals surface area (Å²) >= 11 is 6.59. The molecule has 8 aromatic rings. The predicted octanol–water partition coefficient (Wildman–Crippen LogP) is 12.2. The van der Waals surface area contributed by atoms with E-state index >= 15 is 0 Å². The molecule has 1 aliphatic carbocycles. The van der Waals surface area contributed by atoms with Crippen molar-refractivity contribution in [3.8, 4) is 22.6 Å². The Balaban J connectivity index is 1.30. The number of benzene rings is 7. The predicted molar refractivity (Wildman–Crippen MR) is 191 cm³/mol. The molecule has 2 aliphatic rings. The molecule has 1 spiro atoms. The Bertz CT molecular complexity index is 2490. The zero-order valence-corrected chi connectivity index (χ0v) is 25.9. The Morgan fingerprint density at radius 3 is 2.00 bits per heavy atom. The van der Waals surface area contributed by atoms with E-state index < -0.39 is 5.41 Å². The lowest BCUT2D eigenvalue weighted by Gasteiger charge is -2.40. The molecule has 10 rings (SSSR count). The van der Waals surface area contributed by atoms with E-state index in [2.05, 4.69) is 132 Å². The number of nitrogens with zero attached hydrogens (tertiary/aromatic N) is 1. The average Bonchev–Trinajstić information content (AvgIpc) is 3.64. The summed E-state index contributed by atoms with van der Waals surface area (Å²) in [5.74, 6) is 1.59. The summed E-state index contributed by atoms with van der Waals surface area (Å²) in [6, 6.07) is 55.3. The van der Waals surface area contributed by atoms with Gasteiger partial charge in [0.15, 0.2) is 0 Å². The van der Waals surface area contributed by atoms with Crippen molar-refractivity contribution in [2.45, 2.75) is 5.41 Å². The van der Waals surface area contributed by atoms with Gasteiger partial charge in [0, 0.05) is 32.9 Å². The molecule has 0 atom stereocenters. The first-order valence-electron chi connectivity index (χ1n) is 15.8. The minimum Gasteiger partial charge on any atom is -0.457 e. The summed E-state index contributed by atoms with van der Waals surface area (Å²) in [7, 11) is 0. The number of fused-ring (bicyclic) bond motifs is 12. The molecule has 4 heteroatoms. The molecule has 0 bridgehead atoms. The molecule has 1 aromatic heterocycles. The standard InChI is InChI=1S/C43H26ClNO2/c44-27-21-23-35-41(25-27)47-39-24-22-29(26-36(39)43(35)33-16-7-4-13-30(33)31-14-5-8-17-34(31)43)45(28-11-2-1-3-12-28)37-18-10-20-40-42(37)32-15-6-9-19-38(32)46-40/h1-26H. The van der Waals surface area contributed by atoms with Crippen LogP contribution in [-0.4, -0.2) is 0 Å². The molecule has 0 saturated carbocycles. The fourth-order valence-corrected chi connectivity index (χ4v) is 8.12. The van der Waals surface area contributed by atoms with E-state index in [1.807, 2.05) is 30.3 Å². The maximum Gasteiger partial charge on any atom is 0.137 e. The van der Waals surface area contributed by atoms with Crippen LogP contribution < -0.4 is 9.64 Å². The third-order valence-corrected chi connectivity index (χ3v) is 10.0. The summed E-state index contributed by atoms with van der Waals surface area (Å²) < 4.78 is 13.1. The smallest absolute Gasteiger partial charge is 0.137 e. The van der Waals surface area contributed by atoms with Gasteiger partial charge >= 0.3 is 0 Å². The van der Waals surface area contributed by atoms with Gasteiger partial charge in [-0.1, -0.05) is 109 Å². The molecule has 222 valence electrons. The monoisotopic (exact) mass is 623 g/mol. The molecule has 0 N–H and O–H groups in total. The largest absolute Gasteiger partial charge is 0.457 e. The van der Waals surface area contributed by atoms with Crippen LogP contribution in [0, 0.1) is 0 Å². The van der Waals surface area contributed by atoms with Gasteiger partial charge < -0.3 is 14.1 Å². The second-order valence-electron chi connectivity index (χ2n) is 12.2. The second kappa shape index (κ2) is 9.86. The maximum atomic E-state index is 6.72. The molecule has 47 heavy (non-hydrogen) atoms. The van der Waals surface area contributed by atoms with Crippen molar-refractivity contribution in [2.24, 2.45) is 0 Å². The summed E-state index contributed by atoms with van der Waals surface area (Å²) in [5, 5.41) is 2.81. The number of hydrogen-bond donors (Lipinski definition) is 0. The molecule has 0 amide bonds. The normalized spacial score (nSPS) is 13.6. The van der Waals surface area contributed by atoms with Crippen molar-refractivity contribution in [3.05, 3.63) is 185 Å². The Labute approximate surface area is 276 Å². The molecular weight excluding hydrogens is 598 g/mol. The Kier molecular flexibility index (Phi) is 5.55. The van der Waals surface area contributed by atoms with E-state index in [0.29, 0.717) is 5.02 Å². The fourth-order valence-electron chi connectivity index (χ4n) is 7.96. The van der Waals surface area contributed by atoms with Crippen molar-refractivity contribution < 1.29 is 9.15 Å². The lowest BCUT2D eigenvalue weighted by molar-refractivity contribution is 0.436. The highest BCUT2D eigenvalue weighted by Gasteiger charge is 2.51. The van der Waals surface area contributed by atoms with Crippen molar-refractivity contribution in [3.63, 3.8) is 0 Å². The van der Waals surface area contributed by atoms with Gasteiger partial charge in [-0.15, -0.1) is 0 Å². The highest BCUT2D eigenvalue weighted by atomic mass is 35.5. The number of anilines is 3. The first-order valence-corrected chi connectivity index (χ1v) is 16.2. The number of para-hydroxylation sites is 2. The van der Waals surface area contributed by atoms with E-state index in [9.17, 15) is 0 Å². The van der Waals surface area contributed by atoms with Gasteiger partial charge in [-0.2, -0.15) is 0 Å². The number of rotatable bonds is 3. The van der Waals surface area contributed by atoms with Crippen molar-refractivity contribution in [2.75, 3.05) is 4.90 Å². The Hall–Kier alpha value is -5.77. The second-order valence-corrected chi connectivity index (χ2v) is 12.6. The van der Waals surface area contributed by atoms with Crippen LogP contribution in [0.3, 0.4) is 0 Å².